The fraction of sp³-hybridized carbons (Fsp3) is 0.459. The van der Waals surface area contributed by atoms with Crippen LogP contribution in [-0.2, 0) is 0 Å². The topological polar surface area (TPSA) is 73.8 Å². The van der Waals surface area contributed by atoms with Crippen LogP contribution in [0.3, 0.4) is 0 Å². The first-order valence-corrected chi connectivity index (χ1v) is 16.6. The number of terminal acetylenes is 1. The fourth-order valence-corrected chi connectivity index (χ4v) is 8.02. The lowest BCUT2D eigenvalue weighted by molar-refractivity contribution is 0.139. The summed E-state index contributed by atoms with van der Waals surface area (Å²) in [6, 6.07) is 8.56. The van der Waals surface area contributed by atoms with Crippen LogP contribution in [0.25, 0.3) is 32.8 Å². The molecule has 4 aromatic rings. The summed E-state index contributed by atoms with van der Waals surface area (Å²) in [4.78, 5) is 14.5. The quantitative estimate of drug-likeness (QED) is 0.234. The van der Waals surface area contributed by atoms with Crippen LogP contribution in [0.2, 0.25) is 0 Å². The van der Waals surface area contributed by atoms with Gasteiger partial charge < -0.3 is 25.0 Å². The Morgan fingerprint density at radius 2 is 1.83 bits per heavy atom. The molecule has 8 rings (SSSR count). The van der Waals surface area contributed by atoms with Crippen LogP contribution in [-0.4, -0.2) is 71.4 Å². The summed E-state index contributed by atoms with van der Waals surface area (Å²) < 4.78 is 38.4. The Bertz CT molecular complexity index is 1880. The summed E-state index contributed by atoms with van der Waals surface area (Å²) in [5.41, 5.74) is 1.40. The van der Waals surface area contributed by atoms with Gasteiger partial charge >= 0.3 is 6.01 Å². The average Bonchev–Trinajstić information content (AvgIpc) is 3.73. The molecule has 1 saturated carbocycles. The Hall–Kier alpha value is -4.00. The number of halogens is 2. The molecule has 4 fully saturated rings. The molecule has 1 aliphatic carbocycles. The molecular weight excluding hydrogens is 584 g/mol. The van der Waals surface area contributed by atoms with Gasteiger partial charge in [0.15, 0.2) is 5.82 Å². The second kappa shape index (κ2) is 11.4. The van der Waals surface area contributed by atoms with E-state index in [-0.39, 0.29) is 33.8 Å². The molecule has 0 radical (unpaired) electrons. The van der Waals surface area contributed by atoms with Crippen molar-refractivity contribution in [2.24, 2.45) is 5.41 Å². The molecule has 3 aliphatic heterocycles. The first-order chi connectivity index (χ1) is 22.3. The van der Waals surface area contributed by atoms with Gasteiger partial charge in [-0.05, 0) is 99.3 Å². The van der Waals surface area contributed by atoms with E-state index in [1.54, 1.807) is 6.07 Å². The number of rotatable bonds is 7. The molecule has 1 aromatic heterocycles. The number of likely N-dealkylation sites (tertiary alicyclic amines) is 1. The number of phenolic OH excluding ortho intramolecular Hbond substituents is 1. The molecule has 0 amide bonds. The number of piperazine rings is 1. The molecule has 7 nitrogen and oxygen atoms in total. The van der Waals surface area contributed by atoms with E-state index in [4.69, 9.17) is 21.1 Å². The Kier molecular flexibility index (Phi) is 7.26. The van der Waals surface area contributed by atoms with E-state index in [0.717, 1.165) is 58.4 Å². The number of aryl methyl sites for hydroxylation is 1. The van der Waals surface area contributed by atoms with E-state index in [2.05, 4.69) is 21.0 Å². The van der Waals surface area contributed by atoms with E-state index < -0.39 is 11.6 Å². The predicted molar refractivity (Wildman–Crippen MR) is 176 cm³/mol. The fourth-order valence-electron chi connectivity index (χ4n) is 8.02. The normalized spacial score (nSPS) is 22.3. The minimum absolute atomic E-state index is 0.0264. The number of benzene rings is 3. The van der Waals surface area contributed by atoms with Crippen molar-refractivity contribution in [3.05, 3.63) is 53.1 Å². The van der Waals surface area contributed by atoms with Gasteiger partial charge in [0.2, 0.25) is 0 Å². The van der Waals surface area contributed by atoms with Crippen molar-refractivity contribution in [2.75, 3.05) is 44.2 Å². The van der Waals surface area contributed by atoms with E-state index in [1.807, 2.05) is 13.0 Å². The highest BCUT2D eigenvalue weighted by molar-refractivity contribution is 6.05. The summed E-state index contributed by atoms with van der Waals surface area (Å²) in [6.45, 7) is 7.11. The van der Waals surface area contributed by atoms with E-state index in [9.17, 15) is 9.50 Å². The molecule has 2 unspecified atom stereocenters. The predicted octanol–water partition coefficient (Wildman–Crippen LogP) is 6.31. The molecular formula is C37H39F2N5O2. The van der Waals surface area contributed by atoms with Gasteiger partial charge in [-0.25, -0.2) is 8.78 Å². The van der Waals surface area contributed by atoms with Crippen LogP contribution in [0.5, 0.6) is 11.8 Å². The molecule has 2 atom stereocenters. The molecule has 4 heterocycles. The molecule has 3 saturated heterocycles. The highest BCUT2D eigenvalue weighted by Gasteiger charge is 2.45. The largest absolute Gasteiger partial charge is 0.508 e. The monoisotopic (exact) mass is 623 g/mol. The highest BCUT2D eigenvalue weighted by atomic mass is 19.1. The van der Waals surface area contributed by atoms with Crippen molar-refractivity contribution in [1.29, 1.82) is 0 Å². The number of phenols is 1. The van der Waals surface area contributed by atoms with Gasteiger partial charge in [0.05, 0.1) is 12.2 Å². The summed E-state index contributed by atoms with van der Waals surface area (Å²) in [6.07, 6.45) is 13.9. The number of fused-ring (bicyclic) bond motifs is 4. The summed E-state index contributed by atoms with van der Waals surface area (Å²) in [5.74, 6) is 1.90. The number of nitrogens with zero attached hydrogens (tertiary/aromatic N) is 4. The van der Waals surface area contributed by atoms with E-state index in [0.29, 0.717) is 51.8 Å². The summed E-state index contributed by atoms with van der Waals surface area (Å²) in [7, 11) is 0. The van der Waals surface area contributed by atoms with Gasteiger partial charge in [-0.3, -0.25) is 0 Å². The summed E-state index contributed by atoms with van der Waals surface area (Å²) >= 11 is 0. The SMILES string of the molecule is C#Cc1c(F)ccc2cc(O)cc(-c3c(C)cc4c(N5CC6CCC(C5)N6)nc(OCC5(CN6CCCCC6)CC5)nc4c3F)c12. The van der Waals surface area contributed by atoms with Crippen LogP contribution in [0, 0.1) is 36.3 Å². The molecule has 9 heteroatoms. The van der Waals surface area contributed by atoms with Crippen LogP contribution < -0.4 is 15.0 Å². The maximum atomic E-state index is 17.1. The number of piperidine rings is 1. The molecule has 238 valence electrons. The van der Waals surface area contributed by atoms with Crippen molar-refractivity contribution in [3.8, 4) is 35.2 Å². The number of hydrogen-bond acceptors (Lipinski definition) is 7. The Balaban J connectivity index is 1.25. The van der Waals surface area contributed by atoms with Crippen molar-refractivity contribution < 1.29 is 18.6 Å². The molecule has 2 bridgehead atoms. The lowest BCUT2D eigenvalue weighted by atomic mass is 9.90. The van der Waals surface area contributed by atoms with Gasteiger partial charge in [0.1, 0.15) is 22.9 Å². The van der Waals surface area contributed by atoms with Gasteiger partial charge in [-0.15, -0.1) is 6.42 Å². The van der Waals surface area contributed by atoms with Crippen molar-refractivity contribution in [2.45, 2.75) is 64.0 Å². The lowest BCUT2D eigenvalue weighted by Gasteiger charge is -2.34. The van der Waals surface area contributed by atoms with Crippen molar-refractivity contribution >= 4 is 27.5 Å². The molecule has 3 aromatic carbocycles. The molecule has 4 aliphatic rings. The standard InChI is InChI=1S/C37H39F2N5O2/c1-3-27-30(38)10-7-23-16-26(45)17-28(32(23)27)31-22(2)15-29-34(33(31)39)41-36(42-35(29)44-18-24-8-9-25(19-44)40-24)46-21-37(11-12-37)20-43-13-5-4-6-14-43/h1,7,10,15-17,24-25,40,45H,4-6,8-9,11-14,18-21H2,2H3. The van der Waals surface area contributed by atoms with E-state index >= 15 is 4.39 Å². The van der Waals surface area contributed by atoms with Crippen LogP contribution >= 0.6 is 0 Å². The van der Waals surface area contributed by atoms with E-state index in [1.165, 1.54) is 37.5 Å². The van der Waals surface area contributed by atoms with Crippen LogP contribution in [0.1, 0.15) is 56.1 Å². The van der Waals surface area contributed by atoms with Gasteiger partial charge in [-0.1, -0.05) is 18.4 Å². The molecule has 0 spiro atoms. The van der Waals surface area contributed by atoms with Gasteiger partial charge in [0, 0.05) is 53.5 Å². The first-order valence-electron chi connectivity index (χ1n) is 16.6. The zero-order valence-electron chi connectivity index (χ0n) is 26.2. The number of ether oxygens (including phenoxy) is 1. The van der Waals surface area contributed by atoms with Crippen LogP contribution in [0.4, 0.5) is 14.6 Å². The van der Waals surface area contributed by atoms with Gasteiger partial charge in [-0.2, -0.15) is 9.97 Å². The minimum Gasteiger partial charge on any atom is -0.508 e. The third-order valence-corrected chi connectivity index (χ3v) is 10.5. The Labute approximate surface area is 268 Å². The Morgan fingerprint density at radius 1 is 1.07 bits per heavy atom. The number of hydrogen-bond donors (Lipinski definition) is 2. The number of anilines is 1. The third-order valence-electron chi connectivity index (χ3n) is 10.5. The number of nitrogens with one attached hydrogen (secondary N) is 1. The van der Waals surface area contributed by atoms with Crippen molar-refractivity contribution in [3.63, 3.8) is 0 Å². The minimum atomic E-state index is -0.576. The smallest absolute Gasteiger partial charge is 0.319 e. The number of aromatic hydroxyl groups is 1. The second-order valence-electron chi connectivity index (χ2n) is 13.9. The average molecular weight is 624 g/mol. The Morgan fingerprint density at radius 3 is 2.54 bits per heavy atom. The van der Waals surface area contributed by atoms with Crippen molar-refractivity contribution in [1.82, 2.24) is 20.2 Å². The van der Waals surface area contributed by atoms with Gasteiger partial charge in [0.25, 0.3) is 0 Å². The van der Waals surface area contributed by atoms with Crippen LogP contribution in [0.15, 0.2) is 30.3 Å². The maximum Gasteiger partial charge on any atom is 0.319 e. The highest BCUT2D eigenvalue weighted by Crippen LogP contribution is 2.47. The second-order valence-corrected chi connectivity index (χ2v) is 13.9. The third kappa shape index (κ3) is 5.22. The molecule has 2 N–H and O–H groups in total. The zero-order chi connectivity index (χ0) is 31.6. The molecule has 46 heavy (non-hydrogen) atoms. The number of aromatic nitrogens is 2. The first kappa shape index (κ1) is 29.4. The summed E-state index contributed by atoms with van der Waals surface area (Å²) in [5, 5.41) is 15.8. The lowest BCUT2D eigenvalue weighted by Crippen LogP contribution is -2.51. The maximum absolute atomic E-state index is 17.1. The zero-order valence-corrected chi connectivity index (χ0v) is 26.2.